The number of halogens is 1. The average molecular weight is 319 g/mol. The van der Waals surface area contributed by atoms with E-state index in [2.05, 4.69) is 37.8 Å². The van der Waals surface area contributed by atoms with Gasteiger partial charge in [0.25, 0.3) is 0 Å². The molecule has 0 saturated carbocycles. The van der Waals surface area contributed by atoms with E-state index in [0.717, 1.165) is 24.0 Å². The summed E-state index contributed by atoms with van der Waals surface area (Å²) in [5.41, 5.74) is 1.33. The fourth-order valence-corrected chi connectivity index (χ4v) is 2.24. The van der Waals surface area contributed by atoms with Crippen LogP contribution in [0.1, 0.15) is 20.3 Å². The van der Waals surface area contributed by atoms with E-state index >= 15 is 0 Å². The predicted molar refractivity (Wildman–Crippen MR) is 72.3 cm³/mol. The number of ether oxygens (including phenoxy) is 1. The fraction of sp³-hybridized carbons (Fsp3) is 0.667. The molecule has 1 amide bonds. The number of amides is 1. The van der Waals surface area contributed by atoms with Gasteiger partial charge in [0.2, 0.25) is 5.91 Å². The van der Waals surface area contributed by atoms with Crippen molar-refractivity contribution in [1.82, 2.24) is 10.2 Å². The van der Waals surface area contributed by atoms with Gasteiger partial charge in [-0.25, -0.2) is 0 Å². The molecule has 1 aliphatic rings. The van der Waals surface area contributed by atoms with Gasteiger partial charge < -0.3 is 10.1 Å². The number of hydrogen-bond acceptors (Lipinski definition) is 4. The number of carbonyl (C=O) groups excluding carboxylic acids is 2. The van der Waals surface area contributed by atoms with Gasteiger partial charge in [0.05, 0.1) is 13.2 Å². The van der Waals surface area contributed by atoms with E-state index in [1.54, 1.807) is 0 Å². The quantitative estimate of drug-likeness (QED) is 0.787. The first-order valence-electron chi connectivity index (χ1n) is 5.88. The van der Waals surface area contributed by atoms with Crippen molar-refractivity contribution in [1.29, 1.82) is 0 Å². The van der Waals surface area contributed by atoms with Gasteiger partial charge in [-0.2, -0.15) is 0 Å². The molecule has 0 fully saturated rings. The molecule has 0 bridgehead atoms. The highest BCUT2D eigenvalue weighted by Gasteiger charge is 2.24. The highest BCUT2D eigenvalue weighted by Crippen LogP contribution is 2.23. The summed E-state index contributed by atoms with van der Waals surface area (Å²) in [6.07, 6.45) is 0.954. The number of carbonyl (C=O) groups is 2. The minimum atomic E-state index is -0.439. The molecular weight excluding hydrogens is 300 g/mol. The first-order chi connectivity index (χ1) is 8.45. The predicted octanol–water partition coefficient (Wildman–Crippen LogP) is 1.04. The Morgan fingerprint density at radius 2 is 2.22 bits per heavy atom. The largest absolute Gasteiger partial charge is 0.468 e. The van der Waals surface area contributed by atoms with Crippen molar-refractivity contribution in [2.75, 3.05) is 26.7 Å². The highest BCUT2D eigenvalue weighted by atomic mass is 79.9. The monoisotopic (exact) mass is 318 g/mol. The summed E-state index contributed by atoms with van der Waals surface area (Å²) in [5, 5.41) is 2.57. The molecule has 102 valence electrons. The summed E-state index contributed by atoms with van der Waals surface area (Å²) in [6, 6.07) is -0.254. The Balaban J connectivity index is 2.47. The average Bonchev–Trinajstić information content (AvgIpc) is 2.37. The molecule has 1 aliphatic heterocycles. The number of esters is 1. The number of nitrogens with one attached hydrogen (secondary N) is 1. The van der Waals surface area contributed by atoms with Gasteiger partial charge in [-0.3, -0.25) is 14.5 Å². The topological polar surface area (TPSA) is 58.6 Å². The van der Waals surface area contributed by atoms with Crippen LogP contribution in [0.15, 0.2) is 10.1 Å². The van der Waals surface area contributed by atoms with Crippen molar-refractivity contribution < 1.29 is 14.3 Å². The summed E-state index contributed by atoms with van der Waals surface area (Å²) in [7, 11) is 1.30. The Labute approximate surface area is 116 Å². The van der Waals surface area contributed by atoms with E-state index in [1.807, 2.05) is 6.92 Å². The Kier molecular flexibility index (Phi) is 5.81. The Morgan fingerprint density at radius 1 is 1.56 bits per heavy atom. The Bertz CT molecular complexity index is 368. The zero-order valence-electron chi connectivity index (χ0n) is 11.0. The molecule has 18 heavy (non-hydrogen) atoms. The number of nitrogens with zero attached hydrogens (tertiary/aromatic N) is 1. The minimum Gasteiger partial charge on any atom is -0.468 e. The molecule has 0 unspecified atom stereocenters. The van der Waals surface area contributed by atoms with E-state index in [4.69, 9.17) is 0 Å². The van der Waals surface area contributed by atoms with E-state index < -0.39 is 5.97 Å². The van der Waals surface area contributed by atoms with E-state index in [0.29, 0.717) is 0 Å². The summed E-state index contributed by atoms with van der Waals surface area (Å²) in [6.45, 7) is 5.44. The van der Waals surface area contributed by atoms with Crippen molar-refractivity contribution in [2.45, 2.75) is 26.3 Å². The first-order valence-corrected chi connectivity index (χ1v) is 6.67. The molecule has 1 N–H and O–H groups in total. The summed E-state index contributed by atoms with van der Waals surface area (Å²) >= 11 is 3.52. The minimum absolute atomic E-state index is 0.0798. The molecule has 1 rings (SSSR count). The van der Waals surface area contributed by atoms with E-state index in [9.17, 15) is 9.59 Å². The lowest BCUT2D eigenvalue weighted by Crippen LogP contribution is -2.48. The van der Waals surface area contributed by atoms with Crippen molar-refractivity contribution in [3.05, 3.63) is 10.1 Å². The molecule has 1 atom stereocenters. The van der Waals surface area contributed by atoms with Gasteiger partial charge >= 0.3 is 5.97 Å². The molecule has 0 aromatic heterocycles. The van der Waals surface area contributed by atoms with Crippen molar-refractivity contribution in [3.63, 3.8) is 0 Å². The normalized spacial score (nSPS) is 18.4. The second-order valence-corrected chi connectivity index (χ2v) is 5.33. The summed E-state index contributed by atoms with van der Waals surface area (Å²) < 4.78 is 5.61. The van der Waals surface area contributed by atoms with Crippen molar-refractivity contribution in [2.24, 2.45) is 0 Å². The fourth-order valence-electron chi connectivity index (χ4n) is 1.71. The lowest BCUT2D eigenvalue weighted by atomic mass is 10.1. The SMILES string of the molecule is COC(=O)CNC(=O)[C@H](C)N1CCC(C)=C(Br)C1. The van der Waals surface area contributed by atoms with Gasteiger partial charge in [-0.1, -0.05) is 21.5 Å². The van der Waals surface area contributed by atoms with Gasteiger partial charge in [-0.15, -0.1) is 0 Å². The van der Waals surface area contributed by atoms with Crippen LogP contribution in [0.3, 0.4) is 0 Å². The van der Waals surface area contributed by atoms with Gasteiger partial charge in [-0.05, 0) is 20.3 Å². The van der Waals surface area contributed by atoms with Gasteiger partial charge in [0, 0.05) is 17.6 Å². The first kappa shape index (κ1) is 15.2. The second kappa shape index (κ2) is 6.89. The van der Waals surface area contributed by atoms with Crippen LogP contribution in [0, 0.1) is 0 Å². The van der Waals surface area contributed by atoms with Gasteiger partial charge in [0.1, 0.15) is 6.54 Å². The van der Waals surface area contributed by atoms with E-state index in [1.165, 1.54) is 12.7 Å². The maximum atomic E-state index is 11.9. The molecule has 0 aliphatic carbocycles. The van der Waals surface area contributed by atoms with Crippen LogP contribution in [-0.4, -0.2) is 49.6 Å². The molecule has 0 aromatic carbocycles. The Hall–Kier alpha value is -0.880. The Morgan fingerprint density at radius 3 is 2.78 bits per heavy atom. The molecule has 6 heteroatoms. The molecular formula is C12H19BrN2O3. The van der Waals surface area contributed by atoms with Crippen molar-refractivity contribution in [3.8, 4) is 0 Å². The molecule has 0 saturated heterocycles. The lowest BCUT2D eigenvalue weighted by Gasteiger charge is -2.32. The molecule has 0 aromatic rings. The van der Waals surface area contributed by atoms with Crippen LogP contribution in [0.2, 0.25) is 0 Å². The standard InChI is InChI=1S/C12H19BrN2O3/c1-8-4-5-15(7-10(8)13)9(2)12(17)14-6-11(16)18-3/h9H,4-7H2,1-3H3,(H,14,17)/t9-/m0/s1. The maximum absolute atomic E-state index is 11.9. The molecule has 0 spiro atoms. The third-order valence-electron chi connectivity index (χ3n) is 3.14. The zero-order chi connectivity index (χ0) is 13.7. The van der Waals surface area contributed by atoms with Crippen LogP contribution in [0.25, 0.3) is 0 Å². The smallest absolute Gasteiger partial charge is 0.325 e. The maximum Gasteiger partial charge on any atom is 0.325 e. The van der Waals surface area contributed by atoms with Crippen LogP contribution in [0.5, 0.6) is 0 Å². The number of methoxy groups -OCH3 is 1. The zero-order valence-corrected chi connectivity index (χ0v) is 12.5. The number of hydrogen-bond donors (Lipinski definition) is 1. The van der Waals surface area contributed by atoms with Crippen molar-refractivity contribution >= 4 is 27.8 Å². The third-order valence-corrected chi connectivity index (χ3v) is 4.07. The van der Waals surface area contributed by atoms with Crippen LogP contribution in [-0.2, 0) is 14.3 Å². The summed E-state index contributed by atoms with van der Waals surface area (Å²) in [5.74, 6) is -0.591. The van der Waals surface area contributed by atoms with Crippen LogP contribution < -0.4 is 5.32 Å². The summed E-state index contributed by atoms with van der Waals surface area (Å²) in [4.78, 5) is 24.9. The van der Waals surface area contributed by atoms with Crippen LogP contribution in [0.4, 0.5) is 0 Å². The molecule has 0 radical (unpaired) electrons. The van der Waals surface area contributed by atoms with Crippen LogP contribution >= 0.6 is 15.9 Å². The van der Waals surface area contributed by atoms with Gasteiger partial charge in [0.15, 0.2) is 0 Å². The number of rotatable bonds is 4. The second-order valence-electron chi connectivity index (χ2n) is 4.38. The molecule has 5 nitrogen and oxygen atoms in total. The molecule has 1 heterocycles. The lowest BCUT2D eigenvalue weighted by molar-refractivity contribution is -0.141. The third kappa shape index (κ3) is 4.10. The highest BCUT2D eigenvalue weighted by molar-refractivity contribution is 9.11. The van der Waals surface area contributed by atoms with E-state index in [-0.39, 0.29) is 18.5 Å².